The molecule has 0 heterocycles. The van der Waals surface area contributed by atoms with Crippen molar-refractivity contribution >= 4 is 19.8 Å². The lowest BCUT2D eigenvalue weighted by atomic mass is 10.0. The third-order valence-electron chi connectivity index (χ3n) is 10.6. The van der Waals surface area contributed by atoms with E-state index in [1.165, 1.54) is 186 Å². The maximum atomic E-state index is 12.6. The Labute approximate surface area is 350 Å². The molecule has 0 aromatic heterocycles. The van der Waals surface area contributed by atoms with Gasteiger partial charge in [-0.15, -0.1) is 0 Å². The molecule has 338 valence electrons. The van der Waals surface area contributed by atoms with Crippen molar-refractivity contribution < 1.29 is 42.7 Å². The van der Waals surface area contributed by atoms with Crippen molar-refractivity contribution in [1.82, 2.24) is 0 Å². The van der Waals surface area contributed by atoms with Gasteiger partial charge in [0.25, 0.3) is 0 Å². The van der Waals surface area contributed by atoms with E-state index in [4.69, 9.17) is 29.4 Å². The van der Waals surface area contributed by atoms with E-state index in [0.29, 0.717) is 6.42 Å². The van der Waals surface area contributed by atoms with Crippen LogP contribution in [0.5, 0.6) is 0 Å². The van der Waals surface area contributed by atoms with Crippen LogP contribution in [0.2, 0.25) is 0 Å². The Morgan fingerprint density at radius 1 is 0.544 bits per heavy atom. The molecule has 0 amide bonds. The summed E-state index contributed by atoms with van der Waals surface area (Å²) in [6, 6.07) is -1.48. The highest BCUT2D eigenvalue weighted by molar-refractivity contribution is 7.47. The summed E-state index contributed by atoms with van der Waals surface area (Å²) < 4.78 is 33.2. The number of unbranched alkanes of at least 4 members (excludes halogenated alkanes) is 32. The molecule has 0 aliphatic rings. The smallest absolute Gasteiger partial charge is 0.472 e. The highest BCUT2D eigenvalue weighted by atomic mass is 31.2. The molecule has 11 heteroatoms. The molecule has 3 atom stereocenters. The van der Waals surface area contributed by atoms with Crippen molar-refractivity contribution in [3.05, 3.63) is 12.3 Å². The Balaban J connectivity index is 4.18. The summed E-state index contributed by atoms with van der Waals surface area (Å²) in [6.07, 6.45) is 46.4. The second kappa shape index (κ2) is 42.7. The Hall–Kier alpha value is -1.45. The van der Waals surface area contributed by atoms with Crippen molar-refractivity contribution in [3.63, 3.8) is 0 Å². The normalized spacial score (nSPS) is 13.8. The molecule has 0 radical (unpaired) electrons. The van der Waals surface area contributed by atoms with Gasteiger partial charge in [0.05, 0.1) is 19.5 Å². The number of phosphoric acid groups is 1. The molecule has 0 bridgehead atoms. The molecule has 0 aromatic rings. The molecule has 10 nitrogen and oxygen atoms in total. The van der Waals surface area contributed by atoms with Gasteiger partial charge in [-0.2, -0.15) is 0 Å². The summed E-state index contributed by atoms with van der Waals surface area (Å²) in [5, 5.41) is 8.90. The van der Waals surface area contributed by atoms with Gasteiger partial charge in [0.1, 0.15) is 12.6 Å². The highest BCUT2D eigenvalue weighted by Crippen LogP contribution is 2.43. The van der Waals surface area contributed by atoms with Crippen LogP contribution in [-0.2, 0) is 32.7 Å². The molecular formula is C46H90NO9P. The van der Waals surface area contributed by atoms with Gasteiger partial charge in [-0.3, -0.25) is 18.6 Å². The molecule has 0 aliphatic heterocycles. The number of phosphoric ester groups is 1. The van der Waals surface area contributed by atoms with E-state index in [9.17, 15) is 19.0 Å². The molecular weight excluding hydrogens is 741 g/mol. The minimum absolute atomic E-state index is 0.0607. The first kappa shape index (κ1) is 55.5. The minimum atomic E-state index is -4.63. The fourth-order valence-electron chi connectivity index (χ4n) is 6.92. The molecule has 0 spiro atoms. The molecule has 0 aromatic carbocycles. The molecule has 4 N–H and O–H groups in total. The third-order valence-corrected chi connectivity index (χ3v) is 11.6. The topological polar surface area (TPSA) is 155 Å². The maximum absolute atomic E-state index is 12.6. The van der Waals surface area contributed by atoms with Crippen LogP contribution in [0.3, 0.4) is 0 Å². The van der Waals surface area contributed by atoms with Crippen LogP contribution in [-0.4, -0.2) is 53.9 Å². The second-order valence-corrected chi connectivity index (χ2v) is 17.8. The molecule has 0 saturated heterocycles. The largest absolute Gasteiger partial charge is 0.498 e. The SMILES string of the molecule is CCCCCCCCCCCCCCCC/C=C\OC[C@H](COP(=O)(O)OC[C@H](N)C(=O)O)OC(=O)CCCCCCCCCCCCCCCCCCCCC. The zero-order valence-corrected chi connectivity index (χ0v) is 37.9. The van der Waals surface area contributed by atoms with Gasteiger partial charge >= 0.3 is 19.8 Å². The van der Waals surface area contributed by atoms with Gasteiger partial charge < -0.3 is 25.2 Å². The first-order valence-corrected chi connectivity index (χ1v) is 25.3. The molecule has 0 fully saturated rings. The monoisotopic (exact) mass is 832 g/mol. The summed E-state index contributed by atoms with van der Waals surface area (Å²) in [5.74, 6) is -1.79. The number of hydrogen-bond acceptors (Lipinski definition) is 8. The lowest BCUT2D eigenvalue weighted by Crippen LogP contribution is -2.34. The number of allylic oxidation sites excluding steroid dienone is 1. The molecule has 0 saturated carbocycles. The van der Waals surface area contributed by atoms with Gasteiger partial charge in [0.15, 0.2) is 6.10 Å². The van der Waals surface area contributed by atoms with Crippen molar-refractivity contribution in [1.29, 1.82) is 0 Å². The predicted octanol–water partition coefficient (Wildman–Crippen LogP) is 13.7. The lowest BCUT2D eigenvalue weighted by molar-refractivity contribution is -0.153. The summed E-state index contributed by atoms with van der Waals surface area (Å²) in [7, 11) is -4.63. The van der Waals surface area contributed by atoms with Crippen molar-refractivity contribution in [3.8, 4) is 0 Å². The van der Waals surface area contributed by atoms with Crippen LogP contribution >= 0.6 is 7.82 Å². The number of carboxylic acids is 1. The number of nitrogens with two attached hydrogens (primary N) is 1. The van der Waals surface area contributed by atoms with E-state index >= 15 is 0 Å². The van der Waals surface area contributed by atoms with Crippen molar-refractivity contribution in [2.45, 2.75) is 251 Å². The van der Waals surface area contributed by atoms with Gasteiger partial charge in [0, 0.05) is 6.42 Å². The summed E-state index contributed by atoms with van der Waals surface area (Å²) in [5.41, 5.74) is 5.36. The van der Waals surface area contributed by atoms with E-state index in [1.54, 1.807) is 6.26 Å². The fourth-order valence-corrected chi connectivity index (χ4v) is 7.70. The first-order chi connectivity index (χ1) is 27.7. The van der Waals surface area contributed by atoms with Gasteiger partial charge in [-0.1, -0.05) is 213 Å². The van der Waals surface area contributed by atoms with E-state index < -0.39 is 45.1 Å². The van der Waals surface area contributed by atoms with Gasteiger partial charge in [-0.05, 0) is 25.3 Å². The summed E-state index contributed by atoms with van der Waals surface area (Å²) in [4.78, 5) is 33.6. The Kier molecular flexibility index (Phi) is 41.6. The third kappa shape index (κ3) is 42.5. The predicted molar refractivity (Wildman–Crippen MR) is 235 cm³/mol. The Morgan fingerprint density at radius 3 is 1.28 bits per heavy atom. The first-order valence-electron chi connectivity index (χ1n) is 23.8. The molecule has 57 heavy (non-hydrogen) atoms. The number of ether oxygens (including phenoxy) is 2. The van der Waals surface area contributed by atoms with E-state index in [0.717, 1.165) is 25.7 Å². The fraction of sp³-hybridized carbons (Fsp3) is 0.913. The van der Waals surface area contributed by atoms with Crippen LogP contribution in [0.25, 0.3) is 0 Å². The van der Waals surface area contributed by atoms with E-state index in [-0.39, 0.29) is 13.0 Å². The highest BCUT2D eigenvalue weighted by Gasteiger charge is 2.27. The van der Waals surface area contributed by atoms with Crippen LogP contribution in [0.1, 0.15) is 239 Å². The van der Waals surface area contributed by atoms with E-state index in [1.807, 2.05) is 6.08 Å². The Bertz CT molecular complexity index is 966. The van der Waals surface area contributed by atoms with Crippen molar-refractivity contribution in [2.75, 3.05) is 19.8 Å². The van der Waals surface area contributed by atoms with Crippen LogP contribution in [0.15, 0.2) is 12.3 Å². The van der Waals surface area contributed by atoms with E-state index in [2.05, 4.69) is 13.8 Å². The number of carboxylic acid groups (broad SMARTS) is 1. The minimum Gasteiger partial charge on any atom is -0.498 e. The second-order valence-electron chi connectivity index (χ2n) is 16.3. The maximum Gasteiger partial charge on any atom is 0.472 e. The molecule has 0 aliphatic carbocycles. The van der Waals surface area contributed by atoms with Crippen molar-refractivity contribution in [2.24, 2.45) is 5.73 Å². The number of rotatable bonds is 46. The number of esters is 1. The van der Waals surface area contributed by atoms with Gasteiger partial charge in [-0.25, -0.2) is 4.57 Å². The number of hydrogen-bond donors (Lipinski definition) is 3. The average Bonchev–Trinajstić information content (AvgIpc) is 3.19. The van der Waals surface area contributed by atoms with Crippen LogP contribution in [0, 0.1) is 0 Å². The summed E-state index contributed by atoms with van der Waals surface area (Å²) >= 11 is 0. The number of carbonyl (C=O) groups excluding carboxylic acids is 1. The lowest BCUT2D eigenvalue weighted by Gasteiger charge is -2.20. The Morgan fingerprint density at radius 2 is 0.895 bits per heavy atom. The van der Waals surface area contributed by atoms with Crippen LogP contribution in [0.4, 0.5) is 0 Å². The molecule has 0 rings (SSSR count). The quantitative estimate of drug-likeness (QED) is 0.0234. The number of carbonyl (C=O) groups is 2. The van der Waals surface area contributed by atoms with Gasteiger partial charge in [0.2, 0.25) is 0 Å². The molecule has 1 unspecified atom stereocenters. The zero-order valence-electron chi connectivity index (χ0n) is 37.0. The number of aliphatic carboxylic acids is 1. The van der Waals surface area contributed by atoms with Crippen LogP contribution < -0.4 is 5.73 Å². The summed E-state index contributed by atoms with van der Waals surface area (Å²) in [6.45, 7) is 3.32. The average molecular weight is 832 g/mol. The standard InChI is InChI=1S/C46H90NO9P/c1-3-5-7-9-11-13-15-17-19-21-22-23-24-26-28-30-32-34-36-38-45(48)56-43(41-54-57(51,52)55-42-44(47)46(49)50)40-53-39-37-35-33-31-29-27-25-20-18-16-14-12-10-8-6-4-2/h37,39,43-44H,3-36,38,40-42,47H2,1-2H3,(H,49,50)(H,51,52)/b39-37-/t43-,44+/m1/s1. The zero-order chi connectivity index (χ0) is 41.9.